The monoisotopic (exact) mass is 135 g/mol. The summed E-state index contributed by atoms with van der Waals surface area (Å²) < 4.78 is 2.08. The highest BCUT2D eigenvalue weighted by atomic mass is 32.1. The smallest absolute Gasteiger partial charge is 0.226 e. The molecule has 0 rings (SSSR count). The van der Waals surface area contributed by atoms with Crippen molar-refractivity contribution in [3.8, 4) is 0 Å². The maximum absolute atomic E-state index is 9.62. The lowest BCUT2D eigenvalue weighted by Gasteiger charge is -1.78. The second-order valence-electron chi connectivity index (χ2n) is 1.38. The minimum absolute atomic E-state index is 0.131. The van der Waals surface area contributed by atoms with Crippen LogP contribution in [-0.2, 0) is 4.79 Å². The van der Waals surface area contributed by atoms with Gasteiger partial charge in [-0.25, -0.2) is 0 Å². The van der Waals surface area contributed by atoms with Gasteiger partial charge in [-0.15, -0.1) is 0 Å². The third-order valence-electron chi connectivity index (χ3n) is 0.157. The number of nitrogens with one attached hydrogen (secondary N) is 1. The summed E-state index contributed by atoms with van der Waals surface area (Å²) in [7, 11) is 0. The van der Waals surface area contributed by atoms with Gasteiger partial charge >= 0.3 is 0 Å². The molecule has 0 spiro atoms. The minimum Gasteiger partial charge on any atom is -0.303 e. The van der Waals surface area contributed by atoms with Crippen molar-refractivity contribution in [1.82, 2.24) is 4.72 Å². The normalized spacial score (nSPS) is 6.50. The number of carbonyl (C=O) groups excluding carboxylic acids is 1. The van der Waals surface area contributed by atoms with Gasteiger partial charge in [0.1, 0.15) is 0 Å². The quantitative estimate of drug-likeness (QED) is 0.483. The Hall–Kier alpha value is -0.180. The third-order valence-corrected chi connectivity index (χ3v) is 0.472. The van der Waals surface area contributed by atoms with Crippen molar-refractivity contribution in [3.05, 3.63) is 0 Å². The first-order valence-corrected chi connectivity index (χ1v) is 3.04. The number of hydrogen-bond acceptors (Lipinski definition) is 2. The molecule has 0 bridgehead atoms. The van der Waals surface area contributed by atoms with E-state index in [4.69, 9.17) is 0 Å². The van der Waals surface area contributed by atoms with E-state index in [-0.39, 0.29) is 5.91 Å². The van der Waals surface area contributed by atoms with Gasteiger partial charge in [-0.05, 0) is 0 Å². The van der Waals surface area contributed by atoms with E-state index in [1.54, 1.807) is 0 Å². The van der Waals surface area contributed by atoms with E-state index < -0.39 is 0 Å². The molecule has 0 radical (unpaired) electrons. The van der Waals surface area contributed by atoms with Gasteiger partial charge in [-0.1, -0.05) is 33.1 Å². The molecule has 0 aromatic carbocycles. The van der Waals surface area contributed by atoms with Crippen LogP contribution in [0.25, 0.3) is 0 Å². The maximum Gasteiger partial charge on any atom is 0.226 e. The van der Waals surface area contributed by atoms with Gasteiger partial charge in [0.25, 0.3) is 0 Å². The summed E-state index contributed by atoms with van der Waals surface area (Å²) in [4.78, 5) is 9.62. The zero-order valence-corrected chi connectivity index (χ0v) is 6.46. The Morgan fingerprint density at radius 3 is 1.75 bits per heavy atom. The lowest BCUT2D eigenvalue weighted by atomic mass is 10.6. The van der Waals surface area contributed by atoms with Crippen LogP contribution in [0.5, 0.6) is 0 Å². The van der Waals surface area contributed by atoms with E-state index >= 15 is 0 Å². The van der Waals surface area contributed by atoms with E-state index in [9.17, 15) is 4.79 Å². The molecule has 8 heavy (non-hydrogen) atoms. The number of thiol groups is 1. The summed E-state index contributed by atoms with van der Waals surface area (Å²) in [6, 6.07) is 0. The summed E-state index contributed by atoms with van der Waals surface area (Å²) in [5, 5.41) is 0. The number of hydrogen-bond donors (Lipinski definition) is 2. The zero-order valence-electron chi connectivity index (χ0n) is 5.56. The molecule has 1 amide bonds. The fraction of sp³-hybridized carbons (Fsp3) is 0.800. The summed E-state index contributed by atoms with van der Waals surface area (Å²) >= 11 is 3.42. The first kappa shape index (κ1) is 10.7. The molecule has 0 aliphatic heterocycles. The van der Waals surface area contributed by atoms with Crippen molar-refractivity contribution >= 4 is 18.7 Å². The van der Waals surface area contributed by atoms with Gasteiger partial charge in [0.15, 0.2) is 0 Å². The molecular formula is C5H13NOS. The standard InChI is InChI=1S/C3H8.C2H5NOS/c1-3-2;1-2(4)3-5/h3H2,1-2H3;5H,1H3,(H,3,4). The van der Waals surface area contributed by atoms with Crippen LogP contribution in [0.3, 0.4) is 0 Å². The third kappa shape index (κ3) is 40.8. The van der Waals surface area contributed by atoms with Crippen LogP contribution in [0, 0.1) is 0 Å². The molecule has 50 valence electrons. The molecule has 0 heterocycles. The average Bonchev–Trinajstić information content (AvgIpc) is 1.69. The predicted octanol–water partition coefficient (Wildman–Crippen LogP) is 1.38. The van der Waals surface area contributed by atoms with E-state index in [1.165, 1.54) is 13.3 Å². The van der Waals surface area contributed by atoms with Crippen LogP contribution < -0.4 is 4.72 Å². The lowest BCUT2D eigenvalue weighted by Crippen LogP contribution is -2.04. The molecule has 0 aromatic rings. The minimum atomic E-state index is -0.131. The first-order valence-electron chi connectivity index (χ1n) is 2.59. The van der Waals surface area contributed by atoms with Gasteiger partial charge in [0.05, 0.1) is 0 Å². The Labute approximate surface area is 56.2 Å². The molecule has 3 heteroatoms. The average molecular weight is 135 g/mol. The van der Waals surface area contributed by atoms with Crippen LogP contribution in [0.1, 0.15) is 27.2 Å². The Balaban J connectivity index is 0. The van der Waals surface area contributed by atoms with Crippen LogP contribution in [0.4, 0.5) is 0 Å². The van der Waals surface area contributed by atoms with Crippen molar-refractivity contribution in [2.24, 2.45) is 0 Å². The Kier molecular flexibility index (Phi) is 13.3. The van der Waals surface area contributed by atoms with Gasteiger partial charge in [0.2, 0.25) is 5.91 Å². The van der Waals surface area contributed by atoms with Crippen molar-refractivity contribution in [2.75, 3.05) is 0 Å². The largest absolute Gasteiger partial charge is 0.303 e. The Morgan fingerprint density at radius 1 is 1.62 bits per heavy atom. The topological polar surface area (TPSA) is 29.1 Å². The fourth-order valence-corrected chi connectivity index (χ4v) is 0. The molecule has 1 N–H and O–H groups in total. The molecule has 0 aromatic heterocycles. The molecule has 0 aliphatic carbocycles. The van der Waals surface area contributed by atoms with Gasteiger partial charge in [0, 0.05) is 6.92 Å². The maximum atomic E-state index is 9.62. The van der Waals surface area contributed by atoms with Crippen LogP contribution in [0.2, 0.25) is 0 Å². The van der Waals surface area contributed by atoms with E-state index in [0.717, 1.165) is 0 Å². The second-order valence-corrected chi connectivity index (χ2v) is 1.60. The van der Waals surface area contributed by atoms with Crippen molar-refractivity contribution in [3.63, 3.8) is 0 Å². The molecule has 0 aliphatic rings. The SMILES string of the molecule is CC(=O)NS.CCC. The van der Waals surface area contributed by atoms with Crippen LogP contribution >= 0.6 is 12.8 Å². The van der Waals surface area contributed by atoms with E-state index in [0.29, 0.717) is 0 Å². The first-order chi connectivity index (χ1) is 3.68. The zero-order chi connectivity index (χ0) is 6.99. The summed E-state index contributed by atoms with van der Waals surface area (Å²) in [6.45, 7) is 5.65. The van der Waals surface area contributed by atoms with Gasteiger partial charge in [-0.2, -0.15) is 0 Å². The Bertz CT molecular complexity index is 56.4. The van der Waals surface area contributed by atoms with Crippen molar-refractivity contribution in [2.45, 2.75) is 27.2 Å². The molecular weight excluding hydrogens is 122 g/mol. The van der Waals surface area contributed by atoms with E-state index in [2.05, 4.69) is 31.4 Å². The lowest BCUT2D eigenvalue weighted by molar-refractivity contribution is -0.117. The van der Waals surface area contributed by atoms with Gasteiger partial charge < -0.3 is 4.72 Å². The molecule has 0 fully saturated rings. The molecule has 0 unspecified atom stereocenters. The highest BCUT2D eigenvalue weighted by Crippen LogP contribution is 1.57. The van der Waals surface area contributed by atoms with Crippen molar-refractivity contribution < 1.29 is 4.79 Å². The van der Waals surface area contributed by atoms with Gasteiger partial charge in [-0.3, -0.25) is 4.79 Å². The molecule has 0 saturated heterocycles. The molecule has 0 saturated carbocycles. The van der Waals surface area contributed by atoms with Crippen LogP contribution in [0.15, 0.2) is 0 Å². The molecule has 0 atom stereocenters. The predicted molar refractivity (Wildman–Crippen MR) is 38.8 cm³/mol. The molecule has 2 nitrogen and oxygen atoms in total. The number of carbonyl (C=O) groups is 1. The van der Waals surface area contributed by atoms with Crippen molar-refractivity contribution in [1.29, 1.82) is 0 Å². The number of rotatable bonds is 0. The highest BCUT2D eigenvalue weighted by Gasteiger charge is 1.73. The van der Waals surface area contributed by atoms with Crippen LogP contribution in [-0.4, -0.2) is 5.91 Å². The summed E-state index contributed by atoms with van der Waals surface area (Å²) in [6.07, 6.45) is 1.25. The number of amides is 1. The Morgan fingerprint density at radius 2 is 1.75 bits per heavy atom. The highest BCUT2D eigenvalue weighted by molar-refractivity contribution is 7.78. The second kappa shape index (κ2) is 9.94. The summed E-state index contributed by atoms with van der Waals surface area (Å²) in [5.74, 6) is -0.131. The fourth-order valence-electron chi connectivity index (χ4n) is 0. The van der Waals surface area contributed by atoms with E-state index in [1.807, 2.05) is 0 Å². The summed E-state index contributed by atoms with van der Waals surface area (Å²) in [5.41, 5.74) is 0.